The molecule has 1 fully saturated rings. The van der Waals surface area contributed by atoms with Gasteiger partial charge in [-0.25, -0.2) is 8.42 Å². The van der Waals surface area contributed by atoms with Crippen molar-refractivity contribution in [3.8, 4) is 0 Å². The summed E-state index contributed by atoms with van der Waals surface area (Å²) in [6.45, 7) is 4.84. The van der Waals surface area contributed by atoms with E-state index in [1.165, 1.54) is 12.3 Å². The lowest BCUT2D eigenvalue weighted by molar-refractivity contribution is -0.184. The molecule has 1 aliphatic carbocycles. The molecule has 40 heavy (non-hydrogen) atoms. The molecular weight excluding hydrogens is 543 g/mol. The van der Waals surface area contributed by atoms with Gasteiger partial charge in [0.05, 0.1) is 28.3 Å². The van der Waals surface area contributed by atoms with Crippen molar-refractivity contribution in [2.24, 2.45) is 11.8 Å². The summed E-state index contributed by atoms with van der Waals surface area (Å²) in [5.41, 5.74) is 3.10. The number of aliphatic hydroxyl groups excluding tert-OH is 1. The van der Waals surface area contributed by atoms with E-state index in [1.807, 2.05) is 12.1 Å². The number of hydrogen-bond donors (Lipinski definition) is 2. The van der Waals surface area contributed by atoms with Crippen molar-refractivity contribution in [3.05, 3.63) is 58.9 Å². The Morgan fingerprint density at radius 1 is 1.15 bits per heavy atom. The SMILES string of the molecule is CC[C@H]1c2ccc(C(=O)N[C@@H](CCO)c3ccc(S(=O)(=O)CC)cn3)cc2CN1C[C@H]1CC[C@H](C(F)(F)F)CC1. The molecule has 2 N–H and O–H groups in total. The van der Waals surface area contributed by atoms with E-state index in [-0.39, 0.29) is 54.4 Å². The number of halogens is 3. The first-order valence-corrected chi connectivity index (χ1v) is 15.7. The van der Waals surface area contributed by atoms with Crippen molar-refractivity contribution in [2.45, 2.75) is 82.1 Å². The molecule has 0 radical (unpaired) electrons. The van der Waals surface area contributed by atoms with Crippen LogP contribution in [0.1, 0.15) is 91.6 Å². The summed E-state index contributed by atoms with van der Waals surface area (Å²) >= 11 is 0. The first-order valence-electron chi connectivity index (χ1n) is 14.0. The molecule has 1 saturated carbocycles. The van der Waals surface area contributed by atoms with Crippen LogP contribution in [-0.2, 0) is 16.4 Å². The fourth-order valence-electron chi connectivity index (χ4n) is 6.02. The Kier molecular flexibility index (Phi) is 9.57. The number of rotatable bonds is 10. The van der Waals surface area contributed by atoms with Gasteiger partial charge in [0, 0.05) is 37.5 Å². The molecular formula is C29H38F3N3O4S. The second kappa shape index (κ2) is 12.6. The van der Waals surface area contributed by atoms with Crippen LogP contribution in [0.15, 0.2) is 41.4 Å². The second-order valence-electron chi connectivity index (χ2n) is 10.9. The van der Waals surface area contributed by atoms with E-state index in [0.29, 0.717) is 30.6 Å². The third-order valence-electron chi connectivity index (χ3n) is 8.35. The molecule has 4 rings (SSSR count). The highest BCUT2D eigenvalue weighted by molar-refractivity contribution is 7.91. The highest BCUT2D eigenvalue weighted by atomic mass is 32.2. The lowest BCUT2D eigenvalue weighted by Crippen LogP contribution is -2.33. The number of nitrogens with one attached hydrogen (secondary N) is 1. The summed E-state index contributed by atoms with van der Waals surface area (Å²) in [7, 11) is -3.40. The Bertz CT molecular complexity index is 1280. The van der Waals surface area contributed by atoms with Crippen LogP contribution < -0.4 is 5.32 Å². The van der Waals surface area contributed by atoms with Gasteiger partial charge in [-0.1, -0.05) is 19.9 Å². The Morgan fingerprint density at radius 2 is 1.88 bits per heavy atom. The molecule has 2 heterocycles. The minimum Gasteiger partial charge on any atom is -0.396 e. The highest BCUT2D eigenvalue weighted by Crippen LogP contribution is 2.42. The van der Waals surface area contributed by atoms with Crippen molar-refractivity contribution in [2.75, 3.05) is 18.9 Å². The number of carbonyl (C=O) groups excluding carboxylic acids is 1. The Labute approximate surface area is 234 Å². The quantitative estimate of drug-likeness (QED) is 0.392. The van der Waals surface area contributed by atoms with Gasteiger partial charge in [-0.2, -0.15) is 13.2 Å². The Morgan fingerprint density at radius 3 is 2.45 bits per heavy atom. The zero-order chi connectivity index (χ0) is 29.1. The minimum atomic E-state index is -4.11. The highest BCUT2D eigenvalue weighted by Gasteiger charge is 2.42. The van der Waals surface area contributed by atoms with Crippen molar-refractivity contribution < 1.29 is 31.5 Å². The maximum absolute atomic E-state index is 13.2. The summed E-state index contributed by atoms with van der Waals surface area (Å²) in [5, 5.41) is 12.5. The number of fused-ring (bicyclic) bond motifs is 1. The zero-order valence-corrected chi connectivity index (χ0v) is 23.8. The largest absolute Gasteiger partial charge is 0.396 e. The third-order valence-corrected chi connectivity index (χ3v) is 10.1. The fraction of sp³-hybridized carbons (Fsp3) is 0.586. The first kappa shape index (κ1) is 30.5. The van der Waals surface area contributed by atoms with Crippen molar-refractivity contribution in [3.63, 3.8) is 0 Å². The summed E-state index contributed by atoms with van der Waals surface area (Å²) in [4.78, 5) is 19.9. The fourth-order valence-corrected chi connectivity index (χ4v) is 6.84. The topological polar surface area (TPSA) is 99.6 Å². The van der Waals surface area contributed by atoms with Crippen molar-refractivity contribution in [1.82, 2.24) is 15.2 Å². The number of hydrogen-bond acceptors (Lipinski definition) is 6. The van der Waals surface area contributed by atoms with Crippen LogP contribution in [0.4, 0.5) is 13.2 Å². The number of sulfone groups is 1. The number of nitrogens with zero attached hydrogens (tertiary/aromatic N) is 2. The van der Waals surface area contributed by atoms with E-state index in [1.54, 1.807) is 19.1 Å². The molecule has 2 atom stereocenters. The van der Waals surface area contributed by atoms with Crippen molar-refractivity contribution in [1.29, 1.82) is 0 Å². The predicted octanol–water partition coefficient (Wildman–Crippen LogP) is 5.36. The molecule has 220 valence electrons. The Balaban J connectivity index is 1.43. The van der Waals surface area contributed by atoms with E-state index in [0.717, 1.165) is 24.1 Å². The van der Waals surface area contributed by atoms with Crippen LogP contribution in [0.5, 0.6) is 0 Å². The number of benzene rings is 1. The minimum absolute atomic E-state index is 0.0430. The van der Waals surface area contributed by atoms with E-state index in [2.05, 4.69) is 22.1 Å². The number of amides is 1. The molecule has 11 heteroatoms. The lowest BCUT2D eigenvalue weighted by atomic mass is 9.81. The van der Waals surface area contributed by atoms with E-state index >= 15 is 0 Å². The molecule has 1 amide bonds. The zero-order valence-electron chi connectivity index (χ0n) is 23.0. The van der Waals surface area contributed by atoms with Crippen LogP contribution in [0, 0.1) is 11.8 Å². The summed E-state index contributed by atoms with van der Waals surface area (Å²) < 4.78 is 63.4. The molecule has 7 nitrogen and oxygen atoms in total. The molecule has 1 aromatic heterocycles. The molecule has 0 spiro atoms. The monoisotopic (exact) mass is 581 g/mol. The van der Waals surface area contributed by atoms with Gasteiger partial charge in [0.25, 0.3) is 5.91 Å². The van der Waals surface area contributed by atoms with Gasteiger partial charge in [-0.15, -0.1) is 0 Å². The average molecular weight is 582 g/mol. The van der Waals surface area contributed by atoms with E-state index in [9.17, 15) is 31.5 Å². The Hall–Kier alpha value is -2.50. The van der Waals surface area contributed by atoms with Gasteiger partial charge < -0.3 is 10.4 Å². The van der Waals surface area contributed by atoms with Gasteiger partial charge in [0.2, 0.25) is 0 Å². The number of aromatic nitrogens is 1. The van der Waals surface area contributed by atoms with Gasteiger partial charge in [0.15, 0.2) is 9.84 Å². The predicted molar refractivity (Wildman–Crippen MR) is 145 cm³/mol. The number of alkyl halides is 3. The molecule has 0 saturated heterocycles. The summed E-state index contributed by atoms with van der Waals surface area (Å²) in [5.74, 6) is -1.33. The number of aliphatic hydroxyl groups is 1. The van der Waals surface area contributed by atoms with Crippen LogP contribution in [0.3, 0.4) is 0 Å². The maximum atomic E-state index is 13.2. The van der Waals surface area contributed by atoms with Crippen LogP contribution >= 0.6 is 0 Å². The molecule has 2 aromatic rings. The van der Waals surface area contributed by atoms with Crippen LogP contribution in [0.2, 0.25) is 0 Å². The van der Waals surface area contributed by atoms with Crippen molar-refractivity contribution >= 4 is 15.7 Å². The average Bonchev–Trinajstić information content (AvgIpc) is 3.28. The van der Waals surface area contributed by atoms with E-state index in [4.69, 9.17) is 0 Å². The van der Waals surface area contributed by atoms with Gasteiger partial charge in [-0.3, -0.25) is 14.7 Å². The molecule has 0 bridgehead atoms. The number of pyridine rings is 1. The summed E-state index contributed by atoms with van der Waals surface area (Å²) in [6.07, 6.45) is -0.220. The first-order chi connectivity index (χ1) is 19.0. The molecule has 1 aromatic carbocycles. The summed E-state index contributed by atoms with van der Waals surface area (Å²) in [6, 6.07) is 8.18. The normalized spacial score (nSPS) is 22.6. The number of carbonyl (C=O) groups is 1. The smallest absolute Gasteiger partial charge is 0.391 e. The standard InChI is InChI=1S/C29H38F3N3O4S/c1-3-27-24-11-7-20(15-21(24)18-35(27)17-19-5-8-22(9-6-19)29(30,31)32)28(37)34-26(13-14-36)25-12-10-23(16-33-25)40(38,39)4-2/h7,10-12,15-16,19,22,26-27,36H,3-6,8-9,13-14,17-18H2,1-2H3,(H,34,37)/t19-,22-,26-,27-/m0/s1. The van der Waals surface area contributed by atoms with E-state index < -0.39 is 28.0 Å². The van der Waals surface area contributed by atoms with Crippen LogP contribution in [0.25, 0.3) is 0 Å². The van der Waals surface area contributed by atoms with Gasteiger partial charge in [0.1, 0.15) is 0 Å². The van der Waals surface area contributed by atoms with Crippen LogP contribution in [-0.4, -0.2) is 54.4 Å². The molecule has 2 aliphatic rings. The maximum Gasteiger partial charge on any atom is 0.391 e. The lowest BCUT2D eigenvalue weighted by Gasteiger charge is -2.34. The second-order valence-corrected chi connectivity index (χ2v) is 13.2. The third kappa shape index (κ3) is 6.86. The molecule has 0 unspecified atom stereocenters. The van der Waals surface area contributed by atoms with Gasteiger partial charge in [-0.05, 0) is 79.8 Å². The van der Waals surface area contributed by atoms with Gasteiger partial charge >= 0.3 is 6.18 Å². The molecule has 1 aliphatic heterocycles.